The minimum atomic E-state index is -0.131. The van der Waals surface area contributed by atoms with Gasteiger partial charge in [-0.25, -0.2) is 4.98 Å². The van der Waals surface area contributed by atoms with Crippen molar-refractivity contribution in [3.8, 4) is 0 Å². The Morgan fingerprint density at radius 2 is 2.00 bits per heavy atom. The maximum atomic E-state index is 12.2. The molecule has 1 atom stereocenters. The SMILES string of the molecule is Cc1ccc(C(=O)C(C)Sc2nccn2C)cc1. The number of thioether (sulfide) groups is 1. The quantitative estimate of drug-likeness (QED) is 0.626. The summed E-state index contributed by atoms with van der Waals surface area (Å²) in [6, 6.07) is 7.69. The number of aryl methyl sites for hydroxylation is 2. The summed E-state index contributed by atoms with van der Waals surface area (Å²) in [4.78, 5) is 16.5. The molecule has 1 unspecified atom stereocenters. The lowest BCUT2D eigenvalue weighted by Crippen LogP contribution is -2.14. The van der Waals surface area contributed by atoms with Crippen LogP contribution in [0, 0.1) is 6.92 Å². The Kier molecular flexibility index (Phi) is 3.87. The molecule has 0 N–H and O–H groups in total. The molecule has 0 aliphatic rings. The highest BCUT2D eigenvalue weighted by atomic mass is 32.2. The van der Waals surface area contributed by atoms with E-state index in [0.29, 0.717) is 0 Å². The number of carbonyl (C=O) groups excluding carboxylic acids is 1. The molecule has 0 spiro atoms. The van der Waals surface area contributed by atoms with Gasteiger partial charge in [0.2, 0.25) is 0 Å². The third kappa shape index (κ3) is 2.82. The molecule has 1 heterocycles. The smallest absolute Gasteiger partial charge is 0.175 e. The topological polar surface area (TPSA) is 34.9 Å². The Hall–Kier alpha value is -1.55. The summed E-state index contributed by atoms with van der Waals surface area (Å²) >= 11 is 1.49. The molecule has 2 rings (SSSR count). The van der Waals surface area contributed by atoms with E-state index in [4.69, 9.17) is 0 Å². The van der Waals surface area contributed by atoms with Crippen molar-refractivity contribution in [2.24, 2.45) is 7.05 Å². The van der Waals surface area contributed by atoms with Crippen LogP contribution in [-0.4, -0.2) is 20.6 Å². The summed E-state index contributed by atoms with van der Waals surface area (Å²) in [6.45, 7) is 3.93. The number of ketones is 1. The first kappa shape index (κ1) is 12.9. The van der Waals surface area contributed by atoms with Crippen molar-refractivity contribution < 1.29 is 4.79 Å². The van der Waals surface area contributed by atoms with E-state index in [9.17, 15) is 4.79 Å². The molecule has 0 bridgehead atoms. The third-order valence-electron chi connectivity index (χ3n) is 2.76. The van der Waals surface area contributed by atoms with Crippen molar-refractivity contribution in [2.75, 3.05) is 0 Å². The Balaban J connectivity index is 2.09. The first-order valence-corrected chi connectivity index (χ1v) is 6.71. The molecule has 18 heavy (non-hydrogen) atoms. The Morgan fingerprint density at radius 1 is 1.33 bits per heavy atom. The standard InChI is InChI=1S/C14H16N2OS/c1-10-4-6-12(7-5-10)13(17)11(2)18-14-15-8-9-16(14)3/h4-9,11H,1-3H3. The van der Waals surface area contributed by atoms with Crippen molar-refractivity contribution in [1.82, 2.24) is 9.55 Å². The van der Waals surface area contributed by atoms with Crippen molar-refractivity contribution in [3.05, 3.63) is 47.8 Å². The predicted octanol–water partition coefficient (Wildman–Crippen LogP) is 3.09. The molecule has 2 aromatic rings. The van der Waals surface area contributed by atoms with Crippen LogP contribution in [0.2, 0.25) is 0 Å². The van der Waals surface area contributed by atoms with E-state index in [1.165, 1.54) is 11.8 Å². The van der Waals surface area contributed by atoms with Gasteiger partial charge >= 0.3 is 0 Å². The van der Waals surface area contributed by atoms with E-state index in [1.807, 2.05) is 55.9 Å². The van der Waals surface area contributed by atoms with Crippen molar-refractivity contribution in [1.29, 1.82) is 0 Å². The van der Waals surface area contributed by atoms with Crippen LogP contribution in [0.5, 0.6) is 0 Å². The second-order valence-electron chi connectivity index (χ2n) is 4.31. The van der Waals surface area contributed by atoms with Crippen LogP contribution in [0.4, 0.5) is 0 Å². The molecule has 0 fully saturated rings. The minimum absolute atomic E-state index is 0.131. The zero-order valence-electron chi connectivity index (χ0n) is 10.8. The highest BCUT2D eigenvalue weighted by Gasteiger charge is 2.18. The highest BCUT2D eigenvalue weighted by molar-refractivity contribution is 8.00. The van der Waals surface area contributed by atoms with Crippen LogP contribution in [0.3, 0.4) is 0 Å². The Bertz CT molecular complexity index is 545. The summed E-state index contributed by atoms with van der Waals surface area (Å²) < 4.78 is 1.92. The van der Waals surface area contributed by atoms with Gasteiger partial charge in [-0.2, -0.15) is 0 Å². The molecule has 1 aromatic heterocycles. The number of carbonyl (C=O) groups is 1. The second kappa shape index (κ2) is 5.40. The highest BCUT2D eigenvalue weighted by Crippen LogP contribution is 2.23. The molecule has 3 nitrogen and oxygen atoms in total. The van der Waals surface area contributed by atoms with Gasteiger partial charge in [-0.15, -0.1) is 0 Å². The molecule has 1 aromatic carbocycles. The summed E-state index contributed by atoms with van der Waals surface area (Å²) in [5.41, 5.74) is 1.92. The van der Waals surface area contributed by atoms with Crippen LogP contribution in [0.15, 0.2) is 41.8 Å². The number of nitrogens with zero attached hydrogens (tertiary/aromatic N) is 2. The fraction of sp³-hybridized carbons (Fsp3) is 0.286. The monoisotopic (exact) mass is 260 g/mol. The minimum Gasteiger partial charge on any atom is -0.329 e. The number of Topliss-reactive ketones (excluding diaryl/α,β-unsaturated/α-hetero) is 1. The first-order valence-electron chi connectivity index (χ1n) is 5.83. The Morgan fingerprint density at radius 3 is 2.56 bits per heavy atom. The summed E-state index contributed by atoms with van der Waals surface area (Å²) in [6.07, 6.45) is 3.62. The van der Waals surface area contributed by atoms with Gasteiger partial charge in [-0.3, -0.25) is 4.79 Å². The lowest BCUT2D eigenvalue weighted by Gasteiger charge is -2.10. The van der Waals surface area contributed by atoms with Crippen LogP contribution < -0.4 is 0 Å². The largest absolute Gasteiger partial charge is 0.329 e. The molecule has 0 radical (unpaired) electrons. The van der Waals surface area contributed by atoms with Gasteiger partial charge in [-0.1, -0.05) is 41.6 Å². The third-order valence-corrected chi connectivity index (χ3v) is 3.94. The maximum Gasteiger partial charge on any atom is 0.175 e. The van der Waals surface area contributed by atoms with Crippen LogP contribution in [0.1, 0.15) is 22.8 Å². The average Bonchev–Trinajstić information content (AvgIpc) is 2.75. The zero-order valence-corrected chi connectivity index (χ0v) is 11.6. The number of benzene rings is 1. The van der Waals surface area contributed by atoms with Gasteiger partial charge < -0.3 is 4.57 Å². The lowest BCUT2D eigenvalue weighted by atomic mass is 10.1. The fourth-order valence-electron chi connectivity index (χ4n) is 1.63. The number of rotatable bonds is 4. The zero-order chi connectivity index (χ0) is 13.1. The molecular formula is C14H16N2OS. The lowest BCUT2D eigenvalue weighted by molar-refractivity contribution is 0.0994. The summed E-state index contributed by atoms with van der Waals surface area (Å²) in [7, 11) is 1.93. The molecule has 0 saturated carbocycles. The predicted molar refractivity (Wildman–Crippen MR) is 74.0 cm³/mol. The van der Waals surface area contributed by atoms with Crippen molar-refractivity contribution in [2.45, 2.75) is 24.3 Å². The van der Waals surface area contributed by atoms with Gasteiger partial charge in [0.1, 0.15) is 0 Å². The maximum absolute atomic E-state index is 12.2. The van der Waals surface area contributed by atoms with Gasteiger partial charge in [0.05, 0.1) is 5.25 Å². The van der Waals surface area contributed by atoms with Crippen LogP contribution in [-0.2, 0) is 7.05 Å². The van der Waals surface area contributed by atoms with E-state index < -0.39 is 0 Å². The molecule has 94 valence electrons. The molecule has 0 aliphatic heterocycles. The van der Waals surface area contributed by atoms with Crippen molar-refractivity contribution in [3.63, 3.8) is 0 Å². The average molecular weight is 260 g/mol. The Labute approximate surface area is 111 Å². The normalized spacial score (nSPS) is 12.4. The number of aromatic nitrogens is 2. The number of imidazole rings is 1. The van der Waals surface area contributed by atoms with E-state index in [-0.39, 0.29) is 11.0 Å². The van der Waals surface area contributed by atoms with Gasteiger partial charge in [0.15, 0.2) is 10.9 Å². The van der Waals surface area contributed by atoms with E-state index in [1.54, 1.807) is 6.20 Å². The van der Waals surface area contributed by atoms with E-state index in [2.05, 4.69) is 4.98 Å². The van der Waals surface area contributed by atoms with Gasteiger partial charge in [0.25, 0.3) is 0 Å². The van der Waals surface area contributed by atoms with Gasteiger partial charge in [-0.05, 0) is 13.8 Å². The molecule has 0 aliphatic carbocycles. The molecule has 4 heteroatoms. The molecule has 0 amide bonds. The number of hydrogen-bond acceptors (Lipinski definition) is 3. The van der Waals surface area contributed by atoms with E-state index in [0.717, 1.165) is 16.3 Å². The summed E-state index contributed by atoms with van der Waals surface area (Å²) in [5.74, 6) is 0.142. The molecule has 0 saturated heterocycles. The van der Waals surface area contributed by atoms with E-state index >= 15 is 0 Å². The van der Waals surface area contributed by atoms with Crippen molar-refractivity contribution >= 4 is 17.5 Å². The van der Waals surface area contributed by atoms with Crippen LogP contribution >= 0.6 is 11.8 Å². The first-order chi connectivity index (χ1) is 8.58. The second-order valence-corrected chi connectivity index (χ2v) is 5.62. The van der Waals surface area contributed by atoms with Gasteiger partial charge in [0, 0.05) is 25.0 Å². The van der Waals surface area contributed by atoms with Crippen LogP contribution in [0.25, 0.3) is 0 Å². The number of hydrogen-bond donors (Lipinski definition) is 0. The molecular weight excluding hydrogens is 244 g/mol. The summed E-state index contributed by atoms with van der Waals surface area (Å²) in [5, 5.41) is 0.733. The fourth-order valence-corrected chi connectivity index (χ4v) is 2.54.